The molecule has 13 heteroatoms. The number of nitrogens with zero attached hydrogens (tertiary/aromatic N) is 2. The zero-order valence-electron chi connectivity index (χ0n) is 25.1. The second-order valence-electron chi connectivity index (χ2n) is 11.7. The van der Waals surface area contributed by atoms with Crippen molar-refractivity contribution in [2.45, 2.75) is 63.0 Å². The molecule has 5 atom stereocenters. The van der Waals surface area contributed by atoms with Crippen molar-refractivity contribution in [1.82, 2.24) is 14.6 Å². The van der Waals surface area contributed by atoms with Crippen molar-refractivity contribution in [3.63, 3.8) is 0 Å². The number of thiazole rings is 1. The first-order chi connectivity index (χ1) is 21.0. The molecule has 2 aliphatic rings. The molecule has 0 spiro atoms. The van der Waals surface area contributed by atoms with Gasteiger partial charge in [-0.2, -0.15) is 4.31 Å². The number of aryl methyl sites for hydroxylation is 1. The first-order valence-corrected chi connectivity index (χ1v) is 17.0. The Kier molecular flexibility index (Phi) is 10.2. The number of rotatable bonds is 12. The third kappa shape index (κ3) is 7.59. The predicted octanol–water partition coefficient (Wildman–Crippen LogP) is 3.81. The Morgan fingerprint density at radius 2 is 1.89 bits per heavy atom. The molecule has 44 heavy (non-hydrogen) atoms. The predicted molar refractivity (Wildman–Crippen MR) is 167 cm³/mol. The van der Waals surface area contributed by atoms with E-state index in [4.69, 9.17) is 19.9 Å². The van der Waals surface area contributed by atoms with Gasteiger partial charge in [0, 0.05) is 23.5 Å². The number of nitrogen functional groups attached to an aromatic ring is 1. The van der Waals surface area contributed by atoms with E-state index < -0.39 is 34.4 Å². The average Bonchev–Trinajstić information content (AvgIpc) is 3.69. The van der Waals surface area contributed by atoms with Gasteiger partial charge < -0.3 is 30.4 Å². The molecule has 5 rings (SSSR count). The average molecular weight is 645 g/mol. The van der Waals surface area contributed by atoms with Crippen LogP contribution in [0.5, 0.6) is 0 Å². The van der Waals surface area contributed by atoms with Gasteiger partial charge in [0.05, 0.1) is 41.9 Å². The van der Waals surface area contributed by atoms with Gasteiger partial charge in [0.1, 0.15) is 6.10 Å². The van der Waals surface area contributed by atoms with Gasteiger partial charge in [-0.15, -0.1) is 11.3 Å². The van der Waals surface area contributed by atoms with Gasteiger partial charge in [-0.05, 0) is 43.4 Å². The van der Waals surface area contributed by atoms with E-state index in [0.717, 1.165) is 22.4 Å². The molecule has 2 aliphatic heterocycles. The Morgan fingerprint density at radius 1 is 1.16 bits per heavy atom. The molecule has 1 amide bonds. The summed E-state index contributed by atoms with van der Waals surface area (Å²) in [6, 6.07) is 15.1. The molecule has 0 radical (unpaired) electrons. The summed E-state index contributed by atoms with van der Waals surface area (Å²) < 4.78 is 45.9. The van der Waals surface area contributed by atoms with Gasteiger partial charge in [0.25, 0.3) is 0 Å². The number of anilines is 1. The maximum Gasteiger partial charge on any atom is 0.407 e. The fraction of sp³-hybridized carbons (Fsp3) is 0.484. The molecule has 0 saturated carbocycles. The second-order valence-corrected chi connectivity index (χ2v) is 14.8. The number of carbonyl (C=O) groups excluding carboxylic acids is 1. The standard InChI is InChI=1S/C31H40N4O7S2/c1-19(2)16-35(44(38,39)23-11-9-22(10-12-23)28-20(3)43-30(32)34-28)17-26(36)25(15-21-7-5-4-6-8-21)33-31(37)42-27-18-41-29-24(27)13-14-40-29/h4-12,19,24-27,29,36H,13-18H2,1-3H3,(H2,32,34)(H,33,37)/t24-,25-,26-,27-,29+/m0/s1. The molecular formula is C31H40N4O7S2. The molecule has 238 valence electrons. The summed E-state index contributed by atoms with van der Waals surface area (Å²) in [5.74, 6) is -0.0561. The minimum Gasteiger partial charge on any atom is -0.443 e. The highest BCUT2D eigenvalue weighted by molar-refractivity contribution is 7.89. The fourth-order valence-corrected chi connectivity index (χ4v) is 7.99. The lowest BCUT2D eigenvalue weighted by Crippen LogP contribution is -2.51. The van der Waals surface area contributed by atoms with Crippen LogP contribution in [0.2, 0.25) is 0 Å². The minimum atomic E-state index is -4.00. The number of aromatic nitrogens is 1. The normalized spacial score (nSPS) is 21.4. The number of nitrogens with two attached hydrogens (primary N) is 1. The number of hydrogen-bond donors (Lipinski definition) is 3. The van der Waals surface area contributed by atoms with Crippen LogP contribution in [0.1, 0.15) is 30.7 Å². The van der Waals surface area contributed by atoms with E-state index in [-0.39, 0.29) is 49.1 Å². The van der Waals surface area contributed by atoms with Crippen LogP contribution in [-0.2, 0) is 30.7 Å². The van der Waals surface area contributed by atoms with Crippen molar-refractivity contribution in [3.05, 3.63) is 65.0 Å². The number of fused-ring (bicyclic) bond motifs is 1. The van der Waals surface area contributed by atoms with Crippen molar-refractivity contribution < 1.29 is 32.5 Å². The Labute approximate surface area is 262 Å². The molecule has 0 unspecified atom stereocenters. The number of carbonyl (C=O) groups is 1. The van der Waals surface area contributed by atoms with E-state index in [9.17, 15) is 18.3 Å². The van der Waals surface area contributed by atoms with Gasteiger partial charge in [-0.1, -0.05) is 56.3 Å². The van der Waals surface area contributed by atoms with Gasteiger partial charge >= 0.3 is 6.09 Å². The number of aliphatic hydroxyl groups excluding tert-OH is 1. The second kappa shape index (κ2) is 13.9. The van der Waals surface area contributed by atoms with Gasteiger partial charge in [-0.3, -0.25) is 0 Å². The Balaban J connectivity index is 1.33. The van der Waals surface area contributed by atoms with Crippen LogP contribution in [0.15, 0.2) is 59.5 Å². The Bertz CT molecular complexity index is 1520. The zero-order chi connectivity index (χ0) is 31.4. The molecular weight excluding hydrogens is 604 g/mol. The zero-order valence-corrected chi connectivity index (χ0v) is 26.7. The quantitative estimate of drug-likeness (QED) is 0.267. The molecule has 3 aromatic rings. The largest absolute Gasteiger partial charge is 0.443 e. The smallest absolute Gasteiger partial charge is 0.407 e. The van der Waals surface area contributed by atoms with Crippen LogP contribution in [0, 0.1) is 18.8 Å². The maximum atomic E-state index is 13.9. The van der Waals surface area contributed by atoms with Crippen LogP contribution in [0.4, 0.5) is 9.93 Å². The van der Waals surface area contributed by atoms with Crippen LogP contribution in [-0.4, -0.2) is 79.7 Å². The lowest BCUT2D eigenvalue weighted by atomic mass is 10.0. The molecule has 4 N–H and O–H groups in total. The summed E-state index contributed by atoms with van der Waals surface area (Å²) in [6.07, 6.45) is -1.75. The monoisotopic (exact) mass is 644 g/mol. The minimum absolute atomic E-state index is 0.0219. The number of nitrogens with one attached hydrogen (secondary N) is 1. The van der Waals surface area contributed by atoms with Crippen molar-refractivity contribution >= 4 is 32.6 Å². The van der Waals surface area contributed by atoms with Crippen LogP contribution < -0.4 is 11.1 Å². The molecule has 3 heterocycles. The number of aliphatic hydroxyl groups is 1. The maximum absolute atomic E-state index is 13.9. The SMILES string of the molecule is Cc1sc(N)nc1-c1ccc(S(=O)(=O)N(CC(C)C)C[C@H](O)[C@H](Cc2ccccc2)NC(=O)O[C@H]2CO[C@H]3OCC[C@H]32)cc1. The molecule has 11 nitrogen and oxygen atoms in total. The van der Waals surface area contributed by atoms with Crippen LogP contribution in [0.25, 0.3) is 11.3 Å². The summed E-state index contributed by atoms with van der Waals surface area (Å²) in [6.45, 7) is 6.47. The van der Waals surface area contributed by atoms with Gasteiger partial charge in [-0.25, -0.2) is 18.2 Å². The molecule has 2 aromatic carbocycles. The van der Waals surface area contributed by atoms with E-state index in [1.54, 1.807) is 24.3 Å². The fourth-order valence-electron chi connectivity index (χ4n) is 5.65. The Hall–Kier alpha value is -3.07. The molecule has 2 saturated heterocycles. The van der Waals surface area contributed by atoms with Crippen molar-refractivity contribution in [1.29, 1.82) is 0 Å². The van der Waals surface area contributed by atoms with E-state index in [1.165, 1.54) is 15.6 Å². The van der Waals surface area contributed by atoms with E-state index in [0.29, 0.717) is 17.4 Å². The van der Waals surface area contributed by atoms with E-state index in [2.05, 4.69) is 10.3 Å². The molecule has 0 aliphatic carbocycles. The number of amides is 1. The van der Waals surface area contributed by atoms with Crippen LogP contribution in [0.3, 0.4) is 0 Å². The molecule has 0 bridgehead atoms. The van der Waals surface area contributed by atoms with E-state index in [1.807, 2.05) is 51.1 Å². The first kappa shape index (κ1) is 32.3. The highest BCUT2D eigenvalue weighted by Gasteiger charge is 2.44. The highest BCUT2D eigenvalue weighted by Crippen LogP contribution is 2.33. The number of ether oxygens (including phenoxy) is 3. The van der Waals surface area contributed by atoms with E-state index >= 15 is 0 Å². The molecule has 1 aromatic heterocycles. The number of benzene rings is 2. The summed E-state index contributed by atoms with van der Waals surface area (Å²) in [7, 11) is -4.00. The van der Waals surface area contributed by atoms with Gasteiger partial charge in [0.2, 0.25) is 10.0 Å². The lowest BCUT2D eigenvalue weighted by molar-refractivity contribution is -0.0907. The number of hydrogen-bond acceptors (Lipinski definition) is 10. The van der Waals surface area contributed by atoms with Crippen molar-refractivity contribution in [3.8, 4) is 11.3 Å². The summed E-state index contributed by atoms with van der Waals surface area (Å²) >= 11 is 1.37. The number of alkyl carbamates (subject to hydrolysis) is 1. The van der Waals surface area contributed by atoms with Gasteiger partial charge in [0.15, 0.2) is 11.4 Å². The third-order valence-electron chi connectivity index (χ3n) is 7.85. The lowest BCUT2D eigenvalue weighted by Gasteiger charge is -2.31. The van der Waals surface area contributed by atoms with Crippen LogP contribution >= 0.6 is 11.3 Å². The summed E-state index contributed by atoms with van der Waals surface area (Å²) in [4.78, 5) is 18.5. The third-order valence-corrected chi connectivity index (χ3v) is 10.5. The molecule has 2 fully saturated rings. The Morgan fingerprint density at radius 3 is 2.55 bits per heavy atom. The highest BCUT2D eigenvalue weighted by atomic mass is 32.2. The summed E-state index contributed by atoms with van der Waals surface area (Å²) in [5, 5.41) is 14.8. The first-order valence-electron chi connectivity index (χ1n) is 14.8. The summed E-state index contributed by atoms with van der Waals surface area (Å²) in [5.41, 5.74) is 8.20. The topological polar surface area (TPSA) is 153 Å². The van der Waals surface area contributed by atoms with Crippen molar-refractivity contribution in [2.24, 2.45) is 11.8 Å². The number of sulfonamides is 1. The van der Waals surface area contributed by atoms with Crippen molar-refractivity contribution in [2.75, 3.05) is 32.0 Å².